The molecule has 0 unspecified atom stereocenters. The van der Waals surface area contributed by atoms with Crippen LogP contribution in [-0.2, 0) is 10.0 Å². The van der Waals surface area contributed by atoms with Crippen LogP contribution in [0.25, 0.3) is 0 Å². The van der Waals surface area contributed by atoms with Gasteiger partial charge in [0.2, 0.25) is 10.0 Å². The van der Waals surface area contributed by atoms with Gasteiger partial charge in [0.1, 0.15) is 9.77 Å². The van der Waals surface area contributed by atoms with Crippen molar-refractivity contribution in [2.45, 2.75) is 24.7 Å². The maximum absolute atomic E-state index is 12.3. The number of carboxylic acids is 1. The molecule has 1 aliphatic rings. The third kappa shape index (κ3) is 2.10. The molecule has 0 amide bonds. The van der Waals surface area contributed by atoms with Gasteiger partial charge in [-0.1, -0.05) is 0 Å². The van der Waals surface area contributed by atoms with Gasteiger partial charge < -0.3 is 5.11 Å². The zero-order chi connectivity index (χ0) is 12.6. The molecule has 5 nitrogen and oxygen atoms in total. The maximum atomic E-state index is 12.3. The van der Waals surface area contributed by atoms with Crippen LogP contribution in [0.3, 0.4) is 0 Å². The van der Waals surface area contributed by atoms with Crippen LogP contribution in [0.2, 0.25) is 0 Å². The minimum Gasteiger partial charge on any atom is -0.477 e. The summed E-state index contributed by atoms with van der Waals surface area (Å²) in [6.07, 6.45) is 1.68. The molecular formula is C10H13NO4S2. The normalized spacial score (nSPS) is 17.5. The third-order valence-corrected chi connectivity index (χ3v) is 6.08. The average molecular weight is 275 g/mol. The maximum Gasteiger partial charge on any atom is 0.347 e. The molecular weight excluding hydrogens is 262 g/mol. The topological polar surface area (TPSA) is 74.7 Å². The van der Waals surface area contributed by atoms with E-state index in [2.05, 4.69) is 0 Å². The highest BCUT2D eigenvalue weighted by atomic mass is 32.2. The zero-order valence-corrected chi connectivity index (χ0v) is 11.0. The number of rotatable bonds is 3. The summed E-state index contributed by atoms with van der Waals surface area (Å²) in [5.74, 6) is -1.18. The Labute approximate surface area is 104 Å². The van der Waals surface area contributed by atoms with Gasteiger partial charge in [0.15, 0.2) is 0 Å². The lowest BCUT2D eigenvalue weighted by Crippen LogP contribution is -2.29. The molecule has 1 aromatic heterocycles. The van der Waals surface area contributed by atoms with Crippen molar-refractivity contribution in [3.63, 3.8) is 0 Å². The van der Waals surface area contributed by atoms with Crippen LogP contribution in [0.1, 0.15) is 28.1 Å². The van der Waals surface area contributed by atoms with Crippen LogP contribution >= 0.6 is 11.3 Å². The lowest BCUT2D eigenvalue weighted by molar-refractivity contribution is 0.0698. The van der Waals surface area contributed by atoms with Crippen LogP contribution in [-0.4, -0.2) is 36.9 Å². The minimum atomic E-state index is -3.64. The van der Waals surface area contributed by atoms with Gasteiger partial charge in [0.25, 0.3) is 0 Å². The highest BCUT2D eigenvalue weighted by molar-refractivity contribution is 7.89. The molecule has 1 fully saturated rings. The van der Waals surface area contributed by atoms with Crippen LogP contribution in [0.5, 0.6) is 0 Å². The Morgan fingerprint density at radius 1 is 1.41 bits per heavy atom. The Morgan fingerprint density at radius 2 is 2.00 bits per heavy atom. The van der Waals surface area contributed by atoms with Gasteiger partial charge >= 0.3 is 5.97 Å². The summed E-state index contributed by atoms with van der Waals surface area (Å²) in [5, 5.41) is 10.6. The molecule has 94 valence electrons. The van der Waals surface area contributed by atoms with Crippen molar-refractivity contribution in [3.8, 4) is 0 Å². The highest BCUT2D eigenvalue weighted by Crippen LogP contribution is 2.31. The van der Waals surface area contributed by atoms with E-state index in [1.807, 2.05) is 0 Å². The van der Waals surface area contributed by atoms with Crippen LogP contribution in [0.15, 0.2) is 10.3 Å². The number of thiophene rings is 1. The van der Waals surface area contributed by atoms with Crippen LogP contribution in [0.4, 0.5) is 0 Å². The van der Waals surface area contributed by atoms with Crippen molar-refractivity contribution in [2.24, 2.45) is 0 Å². The molecule has 2 rings (SSSR count). The molecule has 2 heterocycles. The van der Waals surface area contributed by atoms with Crippen molar-refractivity contribution >= 4 is 27.3 Å². The summed E-state index contributed by atoms with van der Waals surface area (Å²) >= 11 is 0.965. The minimum absolute atomic E-state index is 0.0306. The zero-order valence-electron chi connectivity index (χ0n) is 9.34. The number of nitrogens with zero attached hydrogens (tertiary/aromatic N) is 1. The second kappa shape index (κ2) is 4.40. The second-order valence-electron chi connectivity index (χ2n) is 3.99. The molecule has 1 aliphatic heterocycles. The van der Waals surface area contributed by atoms with E-state index < -0.39 is 16.0 Å². The van der Waals surface area contributed by atoms with Crippen molar-refractivity contribution < 1.29 is 18.3 Å². The van der Waals surface area contributed by atoms with E-state index in [-0.39, 0.29) is 9.77 Å². The van der Waals surface area contributed by atoms with Crippen molar-refractivity contribution in [3.05, 3.63) is 15.8 Å². The first-order chi connectivity index (χ1) is 7.94. The first-order valence-electron chi connectivity index (χ1n) is 5.26. The molecule has 1 aromatic rings. The van der Waals surface area contributed by atoms with E-state index in [9.17, 15) is 13.2 Å². The molecule has 0 aromatic carbocycles. The number of aryl methyl sites for hydroxylation is 1. The fourth-order valence-electron chi connectivity index (χ4n) is 1.96. The Hall–Kier alpha value is -0.920. The quantitative estimate of drug-likeness (QED) is 0.908. The summed E-state index contributed by atoms with van der Waals surface area (Å²) < 4.78 is 26.0. The van der Waals surface area contributed by atoms with E-state index in [0.29, 0.717) is 18.7 Å². The van der Waals surface area contributed by atoms with Gasteiger partial charge in [-0.3, -0.25) is 0 Å². The SMILES string of the molecule is Cc1csc(C(=O)O)c1S(=O)(=O)N1CCCC1. The summed E-state index contributed by atoms with van der Waals surface area (Å²) in [6.45, 7) is 2.60. The monoisotopic (exact) mass is 275 g/mol. The molecule has 0 saturated carbocycles. The number of sulfonamides is 1. The lowest BCUT2D eigenvalue weighted by Gasteiger charge is -2.15. The van der Waals surface area contributed by atoms with Crippen molar-refractivity contribution in [1.82, 2.24) is 4.31 Å². The Morgan fingerprint density at radius 3 is 2.53 bits per heavy atom. The molecule has 0 spiro atoms. The standard InChI is InChI=1S/C10H13NO4S2/c1-7-6-16-8(10(12)13)9(7)17(14,15)11-4-2-3-5-11/h6H,2-5H2,1H3,(H,12,13). The van der Waals surface area contributed by atoms with Crippen LogP contribution in [0, 0.1) is 6.92 Å². The second-order valence-corrected chi connectivity index (χ2v) is 6.75. The smallest absolute Gasteiger partial charge is 0.347 e. The number of aromatic carboxylic acids is 1. The molecule has 0 atom stereocenters. The summed E-state index contributed by atoms with van der Waals surface area (Å²) in [4.78, 5) is 10.9. The molecule has 0 aliphatic carbocycles. The van der Waals surface area contributed by atoms with Crippen molar-refractivity contribution in [1.29, 1.82) is 0 Å². The fraction of sp³-hybridized carbons (Fsp3) is 0.500. The number of carboxylic acid groups (broad SMARTS) is 1. The highest BCUT2D eigenvalue weighted by Gasteiger charge is 2.33. The first-order valence-corrected chi connectivity index (χ1v) is 7.58. The predicted molar refractivity (Wildman–Crippen MR) is 64.0 cm³/mol. The molecule has 0 bridgehead atoms. The number of hydrogen-bond acceptors (Lipinski definition) is 4. The van der Waals surface area contributed by atoms with Crippen molar-refractivity contribution in [2.75, 3.05) is 13.1 Å². The fourth-order valence-corrected chi connectivity index (χ4v) is 5.06. The largest absolute Gasteiger partial charge is 0.477 e. The summed E-state index contributed by atoms with van der Waals surface area (Å²) in [7, 11) is -3.64. The Kier molecular flexibility index (Phi) is 3.24. The van der Waals surface area contributed by atoms with Gasteiger partial charge in [-0.25, -0.2) is 13.2 Å². The average Bonchev–Trinajstić information content (AvgIpc) is 2.84. The van der Waals surface area contributed by atoms with Crippen LogP contribution < -0.4 is 0 Å². The van der Waals surface area contributed by atoms with E-state index in [1.165, 1.54) is 4.31 Å². The van der Waals surface area contributed by atoms with Gasteiger partial charge in [-0.15, -0.1) is 11.3 Å². The molecule has 7 heteroatoms. The molecule has 17 heavy (non-hydrogen) atoms. The number of hydrogen-bond donors (Lipinski definition) is 1. The lowest BCUT2D eigenvalue weighted by atomic mass is 10.3. The van der Waals surface area contributed by atoms with Gasteiger partial charge in [-0.2, -0.15) is 4.31 Å². The third-order valence-electron chi connectivity index (χ3n) is 2.78. The van der Waals surface area contributed by atoms with Gasteiger partial charge in [0.05, 0.1) is 0 Å². The first kappa shape index (κ1) is 12.5. The molecule has 1 saturated heterocycles. The van der Waals surface area contributed by atoms with Gasteiger partial charge in [0, 0.05) is 13.1 Å². The van der Waals surface area contributed by atoms with E-state index in [4.69, 9.17) is 5.11 Å². The van der Waals surface area contributed by atoms with E-state index in [0.717, 1.165) is 24.2 Å². The Bertz CT molecular complexity index is 541. The number of carbonyl (C=O) groups is 1. The summed E-state index contributed by atoms with van der Waals surface area (Å²) in [5.41, 5.74) is 0.513. The predicted octanol–water partition coefficient (Wildman–Crippen LogP) is 1.54. The van der Waals surface area contributed by atoms with Gasteiger partial charge in [-0.05, 0) is 30.7 Å². The summed E-state index contributed by atoms with van der Waals surface area (Å²) in [6, 6.07) is 0. The molecule has 0 radical (unpaired) electrons. The Balaban J connectivity index is 2.52. The molecule has 1 N–H and O–H groups in total. The van der Waals surface area contributed by atoms with E-state index >= 15 is 0 Å². The van der Waals surface area contributed by atoms with E-state index in [1.54, 1.807) is 12.3 Å².